The first-order chi connectivity index (χ1) is 8.05. The van der Waals surface area contributed by atoms with E-state index in [-0.39, 0.29) is 5.41 Å². The van der Waals surface area contributed by atoms with Crippen molar-refractivity contribution in [2.24, 2.45) is 5.41 Å². The lowest BCUT2D eigenvalue weighted by atomic mass is 9.93. The minimum absolute atomic E-state index is 0.132. The Balaban J connectivity index is 2.13. The molecule has 2 rings (SSSR count). The highest BCUT2D eigenvalue weighted by atomic mass is 14.9. The van der Waals surface area contributed by atoms with Gasteiger partial charge in [0.2, 0.25) is 0 Å². The summed E-state index contributed by atoms with van der Waals surface area (Å²) in [6.07, 6.45) is 10.8. The van der Waals surface area contributed by atoms with Crippen molar-refractivity contribution < 1.29 is 0 Å². The molecule has 0 atom stereocenters. The summed E-state index contributed by atoms with van der Waals surface area (Å²) >= 11 is 0. The van der Waals surface area contributed by atoms with Crippen LogP contribution in [0.25, 0.3) is 0 Å². The third-order valence-electron chi connectivity index (χ3n) is 2.83. The van der Waals surface area contributed by atoms with Crippen LogP contribution < -0.4 is 5.32 Å². The maximum atomic E-state index is 3.41. The third kappa shape index (κ3) is 3.35. The number of anilines is 1. The van der Waals surface area contributed by atoms with Gasteiger partial charge in [-0.2, -0.15) is 0 Å². The average molecular weight is 225 g/mol. The Kier molecular flexibility index (Phi) is 3.19. The Hall–Kier alpha value is -1.76. The minimum Gasteiger partial charge on any atom is -0.356 e. The molecule has 1 heteroatoms. The van der Waals surface area contributed by atoms with Crippen LogP contribution in [0.4, 0.5) is 5.69 Å². The molecule has 0 radical (unpaired) electrons. The van der Waals surface area contributed by atoms with Crippen LogP contribution in [0.15, 0.2) is 60.3 Å². The summed E-state index contributed by atoms with van der Waals surface area (Å²) in [6.45, 7) is 6.49. The van der Waals surface area contributed by atoms with Crippen molar-refractivity contribution in [3.05, 3.63) is 65.9 Å². The SMILES string of the molecule is Cc1ccc(NC2=CC=CC(C)(C)C=C2)cc1. The normalized spacial score (nSPS) is 17.5. The van der Waals surface area contributed by atoms with Crippen LogP contribution in [0.5, 0.6) is 0 Å². The Morgan fingerprint density at radius 3 is 2.41 bits per heavy atom. The molecule has 17 heavy (non-hydrogen) atoms. The second kappa shape index (κ2) is 4.62. The lowest BCUT2D eigenvalue weighted by Crippen LogP contribution is -2.01. The summed E-state index contributed by atoms with van der Waals surface area (Å²) in [6, 6.07) is 8.43. The Bertz CT molecular complexity index is 473. The molecule has 0 amide bonds. The van der Waals surface area contributed by atoms with Gasteiger partial charge in [-0.3, -0.25) is 0 Å². The van der Waals surface area contributed by atoms with E-state index in [4.69, 9.17) is 0 Å². The quantitative estimate of drug-likeness (QED) is 0.784. The Morgan fingerprint density at radius 1 is 1.00 bits per heavy atom. The smallest absolute Gasteiger partial charge is 0.0384 e. The first kappa shape index (κ1) is 11.7. The van der Waals surface area contributed by atoms with Crippen LogP contribution in [-0.4, -0.2) is 0 Å². The zero-order valence-electron chi connectivity index (χ0n) is 10.7. The number of rotatable bonds is 2. The highest BCUT2D eigenvalue weighted by Crippen LogP contribution is 2.23. The standard InChI is InChI=1S/C16H19N/c1-13-6-8-15(9-7-13)17-14-5-4-11-16(2,3)12-10-14/h4-12,17H,1-3H3. The molecule has 1 aromatic carbocycles. The van der Waals surface area contributed by atoms with E-state index < -0.39 is 0 Å². The van der Waals surface area contributed by atoms with Gasteiger partial charge in [0, 0.05) is 16.8 Å². The maximum Gasteiger partial charge on any atom is 0.0384 e. The van der Waals surface area contributed by atoms with Crippen molar-refractivity contribution in [2.75, 3.05) is 5.32 Å². The first-order valence-corrected chi connectivity index (χ1v) is 5.98. The Morgan fingerprint density at radius 2 is 1.71 bits per heavy atom. The van der Waals surface area contributed by atoms with Gasteiger partial charge in [-0.25, -0.2) is 0 Å². The van der Waals surface area contributed by atoms with Crippen LogP contribution in [0.3, 0.4) is 0 Å². The predicted molar refractivity (Wildman–Crippen MR) is 74.9 cm³/mol. The summed E-state index contributed by atoms with van der Waals surface area (Å²) in [5, 5.41) is 3.41. The van der Waals surface area contributed by atoms with E-state index in [0.29, 0.717) is 0 Å². The molecule has 0 fully saturated rings. The second-order valence-electron chi connectivity index (χ2n) is 5.13. The molecule has 0 saturated heterocycles. The maximum absolute atomic E-state index is 3.41. The fourth-order valence-electron chi connectivity index (χ4n) is 1.70. The number of hydrogen-bond acceptors (Lipinski definition) is 1. The zero-order valence-corrected chi connectivity index (χ0v) is 10.7. The lowest BCUT2D eigenvalue weighted by molar-refractivity contribution is 0.627. The third-order valence-corrected chi connectivity index (χ3v) is 2.83. The van der Waals surface area contributed by atoms with Gasteiger partial charge in [-0.05, 0) is 31.2 Å². The van der Waals surface area contributed by atoms with Crippen LogP contribution >= 0.6 is 0 Å². The van der Waals surface area contributed by atoms with Gasteiger partial charge in [0.15, 0.2) is 0 Å². The zero-order chi connectivity index (χ0) is 12.3. The van der Waals surface area contributed by atoms with Crippen molar-refractivity contribution >= 4 is 5.69 Å². The van der Waals surface area contributed by atoms with E-state index in [2.05, 4.69) is 80.7 Å². The number of aryl methyl sites for hydroxylation is 1. The highest BCUT2D eigenvalue weighted by Gasteiger charge is 2.10. The largest absolute Gasteiger partial charge is 0.356 e. The molecule has 0 aliphatic heterocycles. The summed E-state index contributed by atoms with van der Waals surface area (Å²) in [5.41, 5.74) is 3.66. The predicted octanol–water partition coefficient (Wildman–Crippen LogP) is 4.44. The van der Waals surface area contributed by atoms with E-state index >= 15 is 0 Å². The van der Waals surface area contributed by atoms with Gasteiger partial charge in [-0.1, -0.05) is 49.8 Å². The molecule has 1 aromatic rings. The molecule has 0 heterocycles. The minimum atomic E-state index is 0.132. The van der Waals surface area contributed by atoms with Crippen LogP contribution in [0.1, 0.15) is 19.4 Å². The second-order valence-corrected chi connectivity index (χ2v) is 5.13. The van der Waals surface area contributed by atoms with Crippen LogP contribution in [-0.2, 0) is 0 Å². The summed E-state index contributed by atoms with van der Waals surface area (Å²) < 4.78 is 0. The van der Waals surface area contributed by atoms with E-state index in [1.54, 1.807) is 0 Å². The highest BCUT2D eigenvalue weighted by molar-refractivity contribution is 5.52. The molecular weight excluding hydrogens is 206 g/mol. The number of allylic oxidation sites excluding steroid dienone is 5. The van der Waals surface area contributed by atoms with Crippen LogP contribution in [0.2, 0.25) is 0 Å². The first-order valence-electron chi connectivity index (χ1n) is 5.98. The molecule has 0 spiro atoms. The van der Waals surface area contributed by atoms with Gasteiger partial charge >= 0.3 is 0 Å². The topological polar surface area (TPSA) is 12.0 Å². The number of benzene rings is 1. The Labute approximate surface area is 104 Å². The molecule has 1 aliphatic carbocycles. The molecule has 0 aromatic heterocycles. The van der Waals surface area contributed by atoms with Crippen molar-refractivity contribution in [1.29, 1.82) is 0 Å². The van der Waals surface area contributed by atoms with E-state index in [1.807, 2.05) is 0 Å². The number of hydrogen-bond donors (Lipinski definition) is 1. The average Bonchev–Trinajstić information content (AvgIpc) is 2.44. The molecule has 0 bridgehead atoms. The monoisotopic (exact) mass is 225 g/mol. The lowest BCUT2D eigenvalue weighted by Gasteiger charge is -2.12. The molecule has 1 nitrogen and oxygen atoms in total. The van der Waals surface area contributed by atoms with Gasteiger partial charge in [0.1, 0.15) is 0 Å². The number of nitrogens with one attached hydrogen (secondary N) is 1. The van der Waals surface area contributed by atoms with Gasteiger partial charge in [0.05, 0.1) is 0 Å². The summed E-state index contributed by atoms with van der Waals surface area (Å²) in [4.78, 5) is 0. The van der Waals surface area contributed by atoms with Gasteiger partial charge in [0.25, 0.3) is 0 Å². The molecule has 1 N–H and O–H groups in total. The summed E-state index contributed by atoms with van der Waals surface area (Å²) in [5.74, 6) is 0. The van der Waals surface area contributed by atoms with Gasteiger partial charge < -0.3 is 5.32 Å². The van der Waals surface area contributed by atoms with Crippen molar-refractivity contribution in [1.82, 2.24) is 0 Å². The fraction of sp³-hybridized carbons (Fsp3) is 0.250. The van der Waals surface area contributed by atoms with E-state index in [9.17, 15) is 0 Å². The van der Waals surface area contributed by atoms with E-state index in [1.165, 1.54) is 5.56 Å². The van der Waals surface area contributed by atoms with Crippen molar-refractivity contribution in [2.45, 2.75) is 20.8 Å². The van der Waals surface area contributed by atoms with Crippen molar-refractivity contribution in [3.63, 3.8) is 0 Å². The fourth-order valence-corrected chi connectivity index (χ4v) is 1.70. The van der Waals surface area contributed by atoms with Crippen molar-refractivity contribution in [3.8, 4) is 0 Å². The summed E-state index contributed by atoms with van der Waals surface area (Å²) in [7, 11) is 0. The van der Waals surface area contributed by atoms with E-state index in [0.717, 1.165) is 11.4 Å². The molecular formula is C16H19N. The molecule has 1 aliphatic rings. The van der Waals surface area contributed by atoms with Gasteiger partial charge in [-0.15, -0.1) is 0 Å². The molecule has 0 saturated carbocycles. The molecule has 88 valence electrons. The molecule has 0 unspecified atom stereocenters. The van der Waals surface area contributed by atoms with Crippen LogP contribution in [0, 0.1) is 12.3 Å².